The summed E-state index contributed by atoms with van der Waals surface area (Å²) in [7, 11) is 0. The molecule has 0 saturated heterocycles. The van der Waals surface area contributed by atoms with Crippen molar-refractivity contribution in [3.8, 4) is 0 Å². The van der Waals surface area contributed by atoms with Gasteiger partial charge >= 0.3 is 0 Å². The first-order valence-corrected chi connectivity index (χ1v) is 7.16. The van der Waals surface area contributed by atoms with Crippen LogP contribution >= 0.6 is 27.3 Å². The Hall–Kier alpha value is -0.750. The predicted molar refractivity (Wildman–Crippen MR) is 75.2 cm³/mol. The number of benzene rings is 1. The molecule has 2 unspecified atom stereocenters. The highest BCUT2D eigenvalue weighted by molar-refractivity contribution is 9.11. The van der Waals surface area contributed by atoms with E-state index in [2.05, 4.69) is 15.9 Å². The summed E-state index contributed by atoms with van der Waals surface area (Å²) < 4.78 is 13.8. The number of aliphatic hydroxyl groups excluding tert-OH is 1. The van der Waals surface area contributed by atoms with Gasteiger partial charge in [-0.1, -0.05) is 12.1 Å². The molecule has 2 atom stereocenters. The lowest BCUT2D eigenvalue weighted by atomic mass is 9.90. The molecular weight excluding hydrogens is 317 g/mol. The molecule has 1 heterocycles. The van der Waals surface area contributed by atoms with Crippen LogP contribution in [0.1, 0.15) is 23.1 Å². The van der Waals surface area contributed by atoms with Gasteiger partial charge in [0, 0.05) is 12.5 Å². The fourth-order valence-corrected chi connectivity index (χ4v) is 3.07. The molecule has 1 aromatic heterocycles. The van der Waals surface area contributed by atoms with Gasteiger partial charge in [-0.2, -0.15) is 0 Å². The smallest absolute Gasteiger partial charge is 0.123 e. The predicted octanol–water partition coefficient (Wildman–Crippen LogP) is 3.43. The van der Waals surface area contributed by atoms with E-state index in [1.807, 2.05) is 11.4 Å². The van der Waals surface area contributed by atoms with Crippen LogP contribution in [-0.4, -0.2) is 11.7 Å². The van der Waals surface area contributed by atoms with Crippen LogP contribution in [0.4, 0.5) is 4.39 Å². The van der Waals surface area contributed by atoms with Gasteiger partial charge in [-0.05, 0) is 50.6 Å². The lowest BCUT2D eigenvalue weighted by Crippen LogP contribution is -2.19. The molecule has 3 N–H and O–H groups in total. The van der Waals surface area contributed by atoms with Crippen molar-refractivity contribution in [2.24, 2.45) is 5.73 Å². The van der Waals surface area contributed by atoms with E-state index in [9.17, 15) is 9.50 Å². The molecule has 0 amide bonds. The molecule has 0 bridgehead atoms. The summed E-state index contributed by atoms with van der Waals surface area (Å²) in [5, 5.41) is 12.2. The topological polar surface area (TPSA) is 46.2 Å². The molecule has 0 aliphatic carbocycles. The van der Waals surface area contributed by atoms with Crippen molar-refractivity contribution in [2.45, 2.75) is 12.0 Å². The van der Waals surface area contributed by atoms with Crippen molar-refractivity contribution in [2.75, 3.05) is 6.54 Å². The molecule has 1 aromatic carbocycles. The molecule has 0 radical (unpaired) electrons. The first kappa shape index (κ1) is 13.7. The number of thiophene rings is 1. The highest BCUT2D eigenvalue weighted by Crippen LogP contribution is 2.34. The van der Waals surface area contributed by atoms with E-state index < -0.39 is 6.10 Å². The van der Waals surface area contributed by atoms with Gasteiger partial charge in [0.15, 0.2) is 0 Å². The summed E-state index contributed by atoms with van der Waals surface area (Å²) >= 11 is 4.88. The van der Waals surface area contributed by atoms with Crippen LogP contribution in [0.25, 0.3) is 0 Å². The zero-order valence-corrected chi connectivity index (χ0v) is 11.9. The van der Waals surface area contributed by atoms with Crippen LogP contribution in [-0.2, 0) is 0 Å². The highest BCUT2D eigenvalue weighted by atomic mass is 79.9. The van der Waals surface area contributed by atoms with Crippen LogP contribution < -0.4 is 5.73 Å². The largest absolute Gasteiger partial charge is 0.388 e. The van der Waals surface area contributed by atoms with Gasteiger partial charge in [-0.3, -0.25) is 0 Å². The Morgan fingerprint density at radius 1 is 1.28 bits per heavy atom. The van der Waals surface area contributed by atoms with Gasteiger partial charge < -0.3 is 10.8 Å². The minimum atomic E-state index is -0.678. The van der Waals surface area contributed by atoms with E-state index in [1.165, 1.54) is 23.5 Å². The zero-order valence-electron chi connectivity index (χ0n) is 9.51. The molecule has 0 spiro atoms. The van der Waals surface area contributed by atoms with Crippen molar-refractivity contribution < 1.29 is 9.50 Å². The van der Waals surface area contributed by atoms with E-state index in [4.69, 9.17) is 5.73 Å². The van der Waals surface area contributed by atoms with Crippen molar-refractivity contribution >= 4 is 27.3 Å². The summed E-state index contributed by atoms with van der Waals surface area (Å²) in [6.07, 6.45) is -0.678. The third-order valence-corrected chi connectivity index (χ3v) is 4.39. The Bertz CT molecular complexity index is 514. The molecule has 96 valence electrons. The maximum absolute atomic E-state index is 12.9. The number of hydrogen-bond acceptors (Lipinski definition) is 3. The monoisotopic (exact) mass is 329 g/mol. The molecule has 2 aromatic rings. The summed E-state index contributed by atoms with van der Waals surface area (Å²) in [5.74, 6) is -0.519. The average molecular weight is 330 g/mol. The van der Waals surface area contributed by atoms with E-state index in [-0.39, 0.29) is 11.7 Å². The molecular formula is C13H13BrFNOS. The Morgan fingerprint density at radius 2 is 1.94 bits per heavy atom. The van der Waals surface area contributed by atoms with Crippen molar-refractivity contribution in [3.63, 3.8) is 0 Å². The SMILES string of the molecule is NCC(c1ccc(F)cc1)C(O)c1csc(Br)c1. The van der Waals surface area contributed by atoms with Crippen LogP contribution in [0.5, 0.6) is 0 Å². The number of aliphatic hydroxyl groups is 1. The van der Waals surface area contributed by atoms with Gasteiger partial charge in [-0.15, -0.1) is 11.3 Å². The summed E-state index contributed by atoms with van der Waals surface area (Å²) in [5.41, 5.74) is 7.39. The fourth-order valence-electron chi connectivity index (χ4n) is 1.87. The molecule has 18 heavy (non-hydrogen) atoms. The minimum absolute atomic E-state index is 0.230. The first-order valence-electron chi connectivity index (χ1n) is 5.49. The number of halogens is 2. The molecule has 2 rings (SSSR count). The average Bonchev–Trinajstić information content (AvgIpc) is 2.79. The lowest BCUT2D eigenvalue weighted by molar-refractivity contribution is 0.148. The van der Waals surface area contributed by atoms with Crippen LogP contribution in [0, 0.1) is 5.82 Å². The minimum Gasteiger partial charge on any atom is -0.388 e. The normalized spacial score (nSPS) is 14.4. The standard InChI is InChI=1S/C13H13BrFNOS/c14-12-5-9(7-18-12)13(17)11(6-16)8-1-3-10(15)4-2-8/h1-5,7,11,13,17H,6,16H2. The summed E-state index contributed by atoms with van der Waals surface area (Å²) in [6.45, 7) is 0.306. The quantitative estimate of drug-likeness (QED) is 0.902. The zero-order chi connectivity index (χ0) is 13.1. The second kappa shape index (κ2) is 5.93. The van der Waals surface area contributed by atoms with Crippen molar-refractivity contribution in [3.05, 3.63) is 56.4 Å². The second-order valence-corrected chi connectivity index (χ2v) is 6.31. The lowest BCUT2D eigenvalue weighted by Gasteiger charge is -2.21. The van der Waals surface area contributed by atoms with Gasteiger partial charge in [0.1, 0.15) is 5.82 Å². The third-order valence-electron chi connectivity index (χ3n) is 2.86. The molecule has 0 saturated carbocycles. The summed E-state index contributed by atoms with van der Waals surface area (Å²) in [4.78, 5) is 0. The molecule has 2 nitrogen and oxygen atoms in total. The maximum Gasteiger partial charge on any atom is 0.123 e. The van der Waals surface area contributed by atoms with Crippen LogP contribution in [0.15, 0.2) is 39.5 Å². The summed E-state index contributed by atoms with van der Waals surface area (Å²) in [6, 6.07) is 7.97. The molecule has 0 aliphatic heterocycles. The van der Waals surface area contributed by atoms with Gasteiger partial charge in [0.05, 0.1) is 9.89 Å². The Morgan fingerprint density at radius 3 is 2.44 bits per heavy atom. The van der Waals surface area contributed by atoms with E-state index in [1.54, 1.807) is 12.1 Å². The van der Waals surface area contributed by atoms with Crippen molar-refractivity contribution in [1.82, 2.24) is 0 Å². The Kier molecular flexibility index (Phi) is 4.50. The maximum atomic E-state index is 12.9. The van der Waals surface area contributed by atoms with E-state index >= 15 is 0 Å². The molecule has 5 heteroatoms. The van der Waals surface area contributed by atoms with E-state index in [0.29, 0.717) is 6.54 Å². The molecule has 0 aliphatic rings. The Labute approximate surface area is 117 Å². The fraction of sp³-hybridized carbons (Fsp3) is 0.231. The third kappa shape index (κ3) is 2.98. The van der Waals surface area contributed by atoms with Crippen LogP contribution in [0.3, 0.4) is 0 Å². The number of nitrogens with two attached hydrogens (primary N) is 1. The molecule has 0 fully saturated rings. The van der Waals surface area contributed by atoms with Gasteiger partial charge in [0.25, 0.3) is 0 Å². The first-order chi connectivity index (χ1) is 8.61. The van der Waals surface area contributed by atoms with Gasteiger partial charge in [-0.25, -0.2) is 4.39 Å². The van der Waals surface area contributed by atoms with Crippen molar-refractivity contribution in [1.29, 1.82) is 0 Å². The van der Waals surface area contributed by atoms with Gasteiger partial charge in [0.2, 0.25) is 0 Å². The second-order valence-electron chi connectivity index (χ2n) is 4.02. The Balaban J connectivity index is 2.25. The number of rotatable bonds is 4. The number of hydrogen-bond donors (Lipinski definition) is 2. The van der Waals surface area contributed by atoms with Crippen LogP contribution in [0.2, 0.25) is 0 Å². The van der Waals surface area contributed by atoms with E-state index in [0.717, 1.165) is 14.9 Å². The highest BCUT2D eigenvalue weighted by Gasteiger charge is 2.22.